The Morgan fingerprint density at radius 1 is 1.25 bits per heavy atom. The zero-order valence-corrected chi connectivity index (χ0v) is 8.83. The first kappa shape index (κ1) is 13.0. The lowest BCUT2D eigenvalue weighted by Crippen LogP contribution is -2.18. The maximum atomic E-state index is 13.0. The fourth-order valence-electron chi connectivity index (χ4n) is 0.841. The van der Waals surface area contributed by atoms with Crippen molar-refractivity contribution < 1.29 is 30.7 Å². The summed E-state index contributed by atoms with van der Waals surface area (Å²) in [5, 5.41) is 0. The van der Waals surface area contributed by atoms with Gasteiger partial charge in [0.15, 0.2) is 11.6 Å². The number of hydrogen-bond donors (Lipinski definition) is 0. The van der Waals surface area contributed by atoms with Crippen LogP contribution in [0, 0.1) is 5.82 Å². The highest BCUT2D eigenvalue weighted by Crippen LogP contribution is 2.28. The number of halogens is 5. The Balaban J connectivity index is 3.11. The van der Waals surface area contributed by atoms with E-state index in [-0.39, 0.29) is 0 Å². The normalized spacial score (nSPS) is 12.6. The highest BCUT2D eigenvalue weighted by molar-refractivity contribution is 8.13. The molecular weight excluding hydrogens is 276 g/mol. The van der Waals surface area contributed by atoms with Crippen molar-refractivity contribution in [2.75, 3.05) is 0 Å². The van der Waals surface area contributed by atoms with Gasteiger partial charge in [0, 0.05) is 10.7 Å². The highest BCUT2D eigenvalue weighted by Gasteiger charge is 2.32. The average molecular weight is 279 g/mol. The molecule has 0 atom stereocenters. The van der Waals surface area contributed by atoms with Crippen LogP contribution in [-0.2, 0) is 9.05 Å². The van der Waals surface area contributed by atoms with Crippen molar-refractivity contribution >= 4 is 19.7 Å². The van der Waals surface area contributed by atoms with Gasteiger partial charge >= 0.3 is 6.36 Å². The van der Waals surface area contributed by atoms with Gasteiger partial charge in [-0.05, 0) is 18.2 Å². The van der Waals surface area contributed by atoms with Gasteiger partial charge in [-0.2, -0.15) is 0 Å². The minimum atomic E-state index is -5.05. The van der Waals surface area contributed by atoms with Crippen molar-refractivity contribution in [3.8, 4) is 5.75 Å². The Bertz CT molecular complexity index is 497. The third kappa shape index (κ3) is 3.53. The number of ether oxygens (including phenoxy) is 1. The second-order valence-corrected chi connectivity index (χ2v) is 5.14. The molecule has 16 heavy (non-hydrogen) atoms. The molecule has 0 aromatic heterocycles. The largest absolute Gasteiger partial charge is 0.573 e. The van der Waals surface area contributed by atoms with Crippen LogP contribution in [-0.4, -0.2) is 14.8 Å². The van der Waals surface area contributed by atoms with Gasteiger partial charge < -0.3 is 4.74 Å². The van der Waals surface area contributed by atoms with E-state index in [9.17, 15) is 26.0 Å². The molecule has 0 aliphatic heterocycles. The van der Waals surface area contributed by atoms with Gasteiger partial charge in [-0.25, -0.2) is 12.8 Å². The first-order valence-corrected chi connectivity index (χ1v) is 5.90. The lowest BCUT2D eigenvalue weighted by atomic mass is 10.3. The molecule has 3 nitrogen and oxygen atoms in total. The van der Waals surface area contributed by atoms with Gasteiger partial charge in [0.25, 0.3) is 9.05 Å². The molecule has 1 aromatic carbocycles. The van der Waals surface area contributed by atoms with Gasteiger partial charge in [0.1, 0.15) is 0 Å². The number of rotatable bonds is 2. The van der Waals surface area contributed by atoms with E-state index in [0.717, 1.165) is 0 Å². The summed E-state index contributed by atoms with van der Waals surface area (Å²) in [7, 11) is 0.668. The third-order valence-corrected chi connectivity index (χ3v) is 2.76. The Morgan fingerprint density at radius 3 is 2.19 bits per heavy atom. The van der Waals surface area contributed by atoms with Gasteiger partial charge in [-0.3, -0.25) is 0 Å². The molecule has 0 aliphatic rings. The van der Waals surface area contributed by atoms with Crippen LogP contribution >= 0.6 is 10.7 Å². The number of alkyl halides is 3. The number of hydrogen-bond acceptors (Lipinski definition) is 3. The molecule has 0 unspecified atom stereocenters. The number of benzene rings is 1. The smallest absolute Gasteiger partial charge is 0.403 e. The highest BCUT2D eigenvalue weighted by atomic mass is 35.7. The minimum Gasteiger partial charge on any atom is -0.403 e. The molecule has 1 rings (SSSR count). The molecule has 0 radical (unpaired) electrons. The van der Waals surface area contributed by atoms with Gasteiger partial charge in [0.2, 0.25) is 0 Å². The van der Waals surface area contributed by atoms with E-state index in [0.29, 0.717) is 18.2 Å². The van der Waals surface area contributed by atoms with Gasteiger partial charge in [-0.1, -0.05) is 0 Å². The molecule has 0 bridgehead atoms. The summed E-state index contributed by atoms with van der Waals surface area (Å²) in [6, 6.07) is 1.56. The monoisotopic (exact) mass is 278 g/mol. The second kappa shape index (κ2) is 4.10. The van der Waals surface area contributed by atoms with Crippen LogP contribution < -0.4 is 4.74 Å². The first-order chi connectivity index (χ1) is 7.09. The Hall–Kier alpha value is -1.02. The van der Waals surface area contributed by atoms with Crippen LogP contribution in [0.3, 0.4) is 0 Å². The molecule has 0 N–H and O–H groups in total. The quantitative estimate of drug-likeness (QED) is 0.617. The Kier molecular flexibility index (Phi) is 3.34. The summed E-state index contributed by atoms with van der Waals surface area (Å²) in [6.45, 7) is 0. The molecule has 0 saturated carbocycles. The fraction of sp³-hybridized carbons (Fsp3) is 0.143. The third-order valence-electron chi connectivity index (χ3n) is 1.41. The van der Waals surface area contributed by atoms with E-state index in [1.165, 1.54) is 0 Å². The van der Waals surface area contributed by atoms with Gasteiger partial charge in [0.05, 0.1) is 4.90 Å². The zero-order chi connectivity index (χ0) is 12.6. The van der Waals surface area contributed by atoms with Crippen LogP contribution in [0.15, 0.2) is 23.1 Å². The summed E-state index contributed by atoms with van der Waals surface area (Å²) in [6.07, 6.45) is -5.05. The summed E-state index contributed by atoms with van der Waals surface area (Å²) in [5.74, 6) is -2.60. The van der Waals surface area contributed by atoms with Crippen molar-refractivity contribution in [2.45, 2.75) is 11.3 Å². The van der Waals surface area contributed by atoms with Crippen molar-refractivity contribution in [2.24, 2.45) is 0 Å². The molecule has 0 amide bonds. The summed E-state index contributed by atoms with van der Waals surface area (Å²) >= 11 is 0. The average Bonchev–Trinajstić information content (AvgIpc) is 2.04. The first-order valence-electron chi connectivity index (χ1n) is 3.59. The summed E-state index contributed by atoms with van der Waals surface area (Å²) < 4.78 is 72.9. The van der Waals surface area contributed by atoms with E-state index in [4.69, 9.17) is 10.7 Å². The molecule has 0 aliphatic carbocycles. The molecular formula is C7H3ClF4O3S. The Morgan fingerprint density at radius 2 is 1.81 bits per heavy atom. The SMILES string of the molecule is O=S(=O)(Cl)c1ccc(OC(F)(F)F)c(F)c1. The predicted octanol–water partition coefficient (Wildman–Crippen LogP) is 2.65. The van der Waals surface area contributed by atoms with Crippen molar-refractivity contribution in [3.63, 3.8) is 0 Å². The van der Waals surface area contributed by atoms with E-state index in [2.05, 4.69) is 4.74 Å². The zero-order valence-electron chi connectivity index (χ0n) is 7.25. The lowest BCUT2D eigenvalue weighted by molar-refractivity contribution is -0.275. The van der Waals surface area contributed by atoms with Crippen molar-refractivity contribution in [3.05, 3.63) is 24.0 Å². The molecule has 1 aromatic rings. The molecule has 0 spiro atoms. The van der Waals surface area contributed by atoms with E-state index >= 15 is 0 Å². The van der Waals surface area contributed by atoms with Gasteiger partial charge in [-0.15, -0.1) is 13.2 Å². The van der Waals surface area contributed by atoms with Crippen LogP contribution in [0.1, 0.15) is 0 Å². The maximum Gasteiger partial charge on any atom is 0.573 e. The minimum absolute atomic E-state index is 0.337. The molecule has 90 valence electrons. The maximum absolute atomic E-state index is 13.0. The van der Waals surface area contributed by atoms with E-state index < -0.39 is 31.9 Å². The molecule has 0 fully saturated rings. The molecule has 0 heterocycles. The summed E-state index contributed by atoms with van der Waals surface area (Å²) in [4.78, 5) is -0.652. The van der Waals surface area contributed by atoms with Crippen LogP contribution in [0.25, 0.3) is 0 Å². The van der Waals surface area contributed by atoms with E-state index in [1.54, 1.807) is 0 Å². The van der Waals surface area contributed by atoms with Crippen LogP contribution in [0.5, 0.6) is 5.75 Å². The molecule has 9 heteroatoms. The fourth-order valence-corrected chi connectivity index (χ4v) is 1.60. The van der Waals surface area contributed by atoms with Crippen LogP contribution in [0.2, 0.25) is 0 Å². The van der Waals surface area contributed by atoms with Crippen molar-refractivity contribution in [1.29, 1.82) is 0 Å². The van der Waals surface area contributed by atoms with E-state index in [1.807, 2.05) is 0 Å². The standard InChI is InChI=1S/C7H3ClF4O3S/c8-16(13,14)4-1-2-6(5(9)3-4)15-7(10,11)12/h1-3H. The topological polar surface area (TPSA) is 43.4 Å². The second-order valence-electron chi connectivity index (χ2n) is 2.58. The predicted molar refractivity (Wildman–Crippen MR) is 46.1 cm³/mol. The Labute approximate surface area is 92.0 Å². The molecule has 0 saturated heterocycles. The van der Waals surface area contributed by atoms with Crippen LogP contribution in [0.4, 0.5) is 17.6 Å². The lowest BCUT2D eigenvalue weighted by Gasteiger charge is -2.09. The van der Waals surface area contributed by atoms with Crippen molar-refractivity contribution in [1.82, 2.24) is 0 Å². The summed E-state index contributed by atoms with van der Waals surface area (Å²) in [5.41, 5.74) is 0.